The molecule has 4 nitrogen and oxygen atoms in total. The van der Waals surface area contributed by atoms with Gasteiger partial charge in [0, 0.05) is 5.69 Å². The van der Waals surface area contributed by atoms with E-state index in [0.29, 0.717) is 5.69 Å². The lowest BCUT2D eigenvalue weighted by atomic mass is 10.2. The van der Waals surface area contributed by atoms with Crippen molar-refractivity contribution < 1.29 is 22.7 Å². The van der Waals surface area contributed by atoms with Crippen LogP contribution in [0.3, 0.4) is 0 Å². The number of ether oxygens (including phenoxy) is 1. The molecule has 0 aliphatic rings. The first-order chi connectivity index (χ1) is 8.69. The maximum absolute atomic E-state index is 11.9. The first kappa shape index (κ1) is 15.3. The maximum atomic E-state index is 11.9. The Morgan fingerprint density at radius 2 is 1.79 bits per heavy atom. The summed E-state index contributed by atoms with van der Waals surface area (Å²) in [4.78, 5) is 13.4. The second-order valence-electron chi connectivity index (χ2n) is 4.20. The molecule has 1 unspecified atom stereocenters. The van der Waals surface area contributed by atoms with Gasteiger partial charge in [0.2, 0.25) is 5.91 Å². The first-order valence-electron chi connectivity index (χ1n) is 5.52. The van der Waals surface area contributed by atoms with Crippen LogP contribution in [0.2, 0.25) is 0 Å². The number of halogens is 3. The van der Waals surface area contributed by atoms with E-state index < -0.39 is 6.36 Å². The van der Waals surface area contributed by atoms with Gasteiger partial charge in [-0.05, 0) is 45.3 Å². The van der Waals surface area contributed by atoms with Crippen molar-refractivity contribution in [3.63, 3.8) is 0 Å². The molecule has 0 aliphatic carbocycles. The Bertz CT molecular complexity index is 430. The van der Waals surface area contributed by atoms with Crippen molar-refractivity contribution in [2.45, 2.75) is 19.3 Å². The Morgan fingerprint density at radius 3 is 2.21 bits per heavy atom. The monoisotopic (exact) mass is 276 g/mol. The van der Waals surface area contributed by atoms with Crippen LogP contribution in [-0.2, 0) is 4.79 Å². The third-order valence-electron chi connectivity index (χ3n) is 2.51. The molecule has 19 heavy (non-hydrogen) atoms. The number of likely N-dealkylation sites (N-methyl/N-ethyl adjacent to an activating group) is 1. The molecule has 0 heterocycles. The summed E-state index contributed by atoms with van der Waals surface area (Å²) in [5.41, 5.74) is 0.410. The quantitative estimate of drug-likeness (QED) is 0.918. The number of alkyl halides is 3. The fraction of sp³-hybridized carbons (Fsp3) is 0.417. The number of nitrogens with one attached hydrogen (secondary N) is 1. The Balaban J connectivity index is 2.65. The van der Waals surface area contributed by atoms with E-state index in [4.69, 9.17) is 0 Å². The summed E-state index contributed by atoms with van der Waals surface area (Å²) >= 11 is 0. The molecule has 0 spiro atoms. The fourth-order valence-electron chi connectivity index (χ4n) is 1.22. The van der Waals surface area contributed by atoms with Crippen molar-refractivity contribution in [1.82, 2.24) is 4.90 Å². The predicted molar refractivity (Wildman–Crippen MR) is 64.9 cm³/mol. The third kappa shape index (κ3) is 5.17. The molecular weight excluding hydrogens is 261 g/mol. The van der Waals surface area contributed by atoms with Crippen molar-refractivity contribution in [1.29, 1.82) is 0 Å². The van der Waals surface area contributed by atoms with Gasteiger partial charge in [-0.1, -0.05) is 0 Å². The lowest BCUT2D eigenvalue weighted by Gasteiger charge is -2.19. The van der Waals surface area contributed by atoms with Gasteiger partial charge in [-0.15, -0.1) is 13.2 Å². The van der Waals surface area contributed by atoms with Gasteiger partial charge in [0.05, 0.1) is 6.04 Å². The van der Waals surface area contributed by atoms with Gasteiger partial charge in [0.25, 0.3) is 0 Å². The summed E-state index contributed by atoms with van der Waals surface area (Å²) in [6, 6.07) is 4.64. The molecule has 1 rings (SSSR count). The van der Waals surface area contributed by atoms with E-state index in [1.807, 2.05) is 0 Å². The Labute approximate surface area is 109 Å². The van der Waals surface area contributed by atoms with Crippen LogP contribution in [0.4, 0.5) is 18.9 Å². The summed E-state index contributed by atoms with van der Waals surface area (Å²) in [7, 11) is 3.51. The third-order valence-corrected chi connectivity index (χ3v) is 2.51. The van der Waals surface area contributed by atoms with Crippen LogP contribution in [0.15, 0.2) is 24.3 Å². The molecule has 106 valence electrons. The number of amides is 1. The molecular formula is C12H15F3N2O2. The predicted octanol–water partition coefficient (Wildman–Crippen LogP) is 2.47. The van der Waals surface area contributed by atoms with Gasteiger partial charge in [0.1, 0.15) is 5.75 Å². The molecule has 1 N–H and O–H groups in total. The molecule has 1 aromatic rings. The Morgan fingerprint density at radius 1 is 1.26 bits per heavy atom. The SMILES string of the molecule is CC(C(=O)Nc1ccc(OC(F)(F)F)cc1)N(C)C. The van der Waals surface area contributed by atoms with Crippen LogP contribution < -0.4 is 10.1 Å². The van der Waals surface area contributed by atoms with Gasteiger partial charge >= 0.3 is 6.36 Å². The fourth-order valence-corrected chi connectivity index (χ4v) is 1.22. The second kappa shape index (κ2) is 5.92. The number of hydrogen-bond acceptors (Lipinski definition) is 3. The van der Waals surface area contributed by atoms with E-state index in [9.17, 15) is 18.0 Å². The first-order valence-corrected chi connectivity index (χ1v) is 5.52. The van der Waals surface area contributed by atoms with E-state index in [2.05, 4.69) is 10.1 Å². The lowest BCUT2D eigenvalue weighted by Crippen LogP contribution is -2.37. The van der Waals surface area contributed by atoms with Crippen LogP contribution in [0.1, 0.15) is 6.92 Å². The highest BCUT2D eigenvalue weighted by molar-refractivity contribution is 5.94. The van der Waals surface area contributed by atoms with Crippen molar-refractivity contribution in [3.05, 3.63) is 24.3 Å². The average molecular weight is 276 g/mol. The van der Waals surface area contributed by atoms with Crippen molar-refractivity contribution in [3.8, 4) is 5.75 Å². The number of carbonyl (C=O) groups is 1. The number of benzene rings is 1. The van der Waals surface area contributed by atoms with Gasteiger partial charge in [-0.2, -0.15) is 0 Å². The molecule has 0 aromatic heterocycles. The molecule has 0 saturated carbocycles. The second-order valence-corrected chi connectivity index (χ2v) is 4.20. The molecule has 0 bridgehead atoms. The molecule has 0 aliphatic heterocycles. The summed E-state index contributed by atoms with van der Waals surface area (Å²) in [6.45, 7) is 1.72. The zero-order valence-electron chi connectivity index (χ0n) is 10.8. The summed E-state index contributed by atoms with van der Waals surface area (Å²) in [6.07, 6.45) is -4.72. The largest absolute Gasteiger partial charge is 0.573 e. The molecule has 1 atom stereocenters. The average Bonchev–Trinajstić information content (AvgIpc) is 2.28. The van der Waals surface area contributed by atoms with E-state index in [-0.39, 0.29) is 17.7 Å². The highest BCUT2D eigenvalue weighted by atomic mass is 19.4. The highest BCUT2D eigenvalue weighted by Gasteiger charge is 2.30. The molecule has 1 amide bonds. The normalized spacial score (nSPS) is 13.2. The van der Waals surface area contributed by atoms with Gasteiger partial charge in [-0.3, -0.25) is 9.69 Å². The number of nitrogens with zero attached hydrogens (tertiary/aromatic N) is 1. The zero-order valence-corrected chi connectivity index (χ0v) is 10.8. The minimum atomic E-state index is -4.72. The van der Waals surface area contributed by atoms with Crippen LogP contribution in [0.5, 0.6) is 5.75 Å². The summed E-state index contributed by atoms with van der Waals surface area (Å²) in [5.74, 6) is -0.569. The Kier molecular flexibility index (Phi) is 4.77. The van der Waals surface area contributed by atoms with Crippen molar-refractivity contribution in [2.75, 3.05) is 19.4 Å². The molecule has 0 radical (unpaired) electrons. The van der Waals surface area contributed by atoms with Crippen LogP contribution >= 0.6 is 0 Å². The summed E-state index contributed by atoms with van der Waals surface area (Å²) < 4.78 is 39.6. The van der Waals surface area contributed by atoms with E-state index >= 15 is 0 Å². The number of carbonyl (C=O) groups excluding carboxylic acids is 1. The lowest BCUT2D eigenvalue weighted by molar-refractivity contribution is -0.274. The number of anilines is 1. The van der Waals surface area contributed by atoms with Crippen LogP contribution in [0, 0.1) is 0 Å². The van der Waals surface area contributed by atoms with Crippen LogP contribution in [-0.4, -0.2) is 37.3 Å². The van der Waals surface area contributed by atoms with Crippen molar-refractivity contribution >= 4 is 11.6 Å². The molecule has 0 fully saturated rings. The van der Waals surface area contributed by atoms with Gasteiger partial charge < -0.3 is 10.1 Å². The number of rotatable bonds is 4. The standard InChI is InChI=1S/C12H15F3N2O2/c1-8(17(2)3)11(18)16-9-4-6-10(7-5-9)19-12(13,14)15/h4-8H,1-3H3,(H,16,18). The summed E-state index contributed by atoms with van der Waals surface area (Å²) in [5, 5.41) is 2.60. The Hall–Kier alpha value is -1.76. The number of hydrogen-bond donors (Lipinski definition) is 1. The van der Waals surface area contributed by atoms with Gasteiger partial charge in [-0.25, -0.2) is 0 Å². The van der Waals surface area contributed by atoms with E-state index in [1.54, 1.807) is 25.9 Å². The maximum Gasteiger partial charge on any atom is 0.573 e. The van der Waals surface area contributed by atoms with Gasteiger partial charge in [0.15, 0.2) is 0 Å². The van der Waals surface area contributed by atoms with Crippen LogP contribution in [0.25, 0.3) is 0 Å². The molecule has 0 saturated heterocycles. The highest BCUT2D eigenvalue weighted by Crippen LogP contribution is 2.23. The molecule has 7 heteroatoms. The molecule has 1 aromatic carbocycles. The van der Waals surface area contributed by atoms with E-state index in [1.165, 1.54) is 12.1 Å². The van der Waals surface area contributed by atoms with Crippen molar-refractivity contribution in [2.24, 2.45) is 0 Å². The minimum Gasteiger partial charge on any atom is -0.406 e. The van der Waals surface area contributed by atoms with E-state index in [0.717, 1.165) is 12.1 Å². The topological polar surface area (TPSA) is 41.6 Å². The zero-order chi connectivity index (χ0) is 14.6. The minimum absolute atomic E-state index is 0.241. The smallest absolute Gasteiger partial charge is 0.406 e.